The number of nitrogens with zero attached hydrogens (tertiary/aromatic N) is 5. The van der Waals surface area contributed by atoms with Crippen LogP contribution in [-0.2, 0) is 12.7 Å². The molecule has 13 heteroatoms. The highest BCUT2D eigenvalue weighted by atomic mass is 35.5. The van der Waals surface area contributed by atoms with E-state index >= 15 is 0 Å². The Labute approximate surface area is 200 Å². The number of aromatic nitrogens is 4. The molecule has 35 heavy (non-hydrogen) atoms. The summed E-state index contributed by atoms with van der Waals surface area (Å²) in [6, 6.07) is 9.67. The van der Waals surface area contributed by atoms with Crippen LogP contribution in [-0.4, -0.2) is 32.3 Å². The zero-order valence-corrected chi connectivity index (χ0v) is 18.5. The Kier molecular flexibility index (Phi) is 6.92. The molecule has 3 aromatic heterocycles. The highest BCUT2D eigenvalue weighted by Gasteiger charge is 2.31. The highest BCUT2D eigenvalue weighted by molar-refractivity contribution is 6.32. The number of hydrazone groups is 1. The van der Waals surface area contributed by atoms with Gasteiger partial charge in [-0.05, 0) is 35.9 Å². The van der Waals surface area contributed by atoms with Crippen molar-refractivity contribution in [1.29, 1.82) is 0 Å². The number of pyridine rings is 2. The van der Waals surface area contributed by atoms with Crippen LogP contribution < -0.4 is 16.3 Å². The quantitative estimate of drug-likeness (QED) is 0.217. The van der Waals surface area contributed by atoms with Crippen molar-refractivity contribution in [2.45, 2.75) is 12.7 Å². The number of hydrogen-bond donors (Lipinski definition) is 2. The van der Waals surface area contributed by atoms with Gasteiger partial charge < -0.3 is 5.32 Å². The van der Waals surface area contributed by atoms with Crippen molar-refractivity contribution in [2.24, 2.45) is 5.10 Å². The minimum atomic E-state index is -4.56. The smallest absolute Gasteiger partial charge is 0.367 e. The van der Waals surface area contributed by atoms with Crippen molar-refractivity contribution in [3.8, 4) is 0 Å². The molecule has 2 N–H and O–H groups in total. The van der Waals surface area contributed by atoms with Gasteiger partial charge in [0.05, 0.1) is 16.8 Å². The van der Waals surface area contributed by atoms with Crippen molar-refractivity contribution >= 4 is 40.6 Å². The number of alkyl halides is 3. The van der Waals surface area contributed by atoms with E-state index in [4.69, 9.17) is 11.6 Å². The maximum absolute atomic E-state index is 13.0. The van der Waals surface area contributed by atoms with E-state index < -0.39 is 17.3 Å². The largest absolute Gasteiger partial charge is 0.417 e. The summed E-state index contributed by atoms with van der Waals surface area (Å²) in [5.74, 6) is -0.418. The molecule has 0 atom stereocenters. The van der Waals surface area contributed by atoms with Crippen molar-refractivity contribution < 1.29 is 17.6 Å². The van der Waals surface area contributed by atoms with Crippen LogP contribution in [0.15, 0.2) is 64.8 Å². The summed E-state index contributed by atoms with van der Waals surface area (Å²) in [7, 11) is 0. The first-order valence-electron chi connectivity index (χ1n) is 10.1. The molecule has 0 amide bonds. The second kappa shape index (κ2) is 10.1. The number of nitrogens with one attached hydrogen (secondary N) is 2. The fourth-order valence-corrected chi connectivity index (χ4v) is 3.32. The molecular weight excluding hydrogens is 490 g/mol. The number of rotatable bonds is 7. The van der Waals surface area contributed by atoms with Gasteiger partial charge in [0.2, 0.25) is 5.82 Å². The number of anilines is 2. The summed E-state index contributed by atoms with van der Waals surface area (Å²) in [5, 5.41) is 6.60. The molecule has 0 aliphatic rings. The molecular formula is C22H16ClF4N7O. The number of hydrogen-bond acceptors (Lipinski definition) is 7. The Morgan fingerprint density at radius 1 is 1.11 bits per heavy atom. The van der Waals surface area contributed by atoms with Crippen LogP contribution in [0.2, 0.25) is 5.02 Å². The minimum Gasteiger partial charge on any atom is -0.367 e. The lowest BCUT2D eigenvalue weighted by atomic mass is 10.2. The van der Waals surface area contributed by atoms with E-state index in [2.05, 4.69) is 30.8 Å². The van der Waals surface area contributed by atoms with E-state index in [9.17, 15) is 22.4 Å². The molecule has 180 valence electrons. The second-order valence-corrected chi connectivity index (χ2v) is 7.57. The van der Waals surface area contributed by atoms with Crippen LogP contribution in [0.3, 0.4) is 0 Å². The molecule has 0 radical (unpaired) electrons. The van der Waals surface area contributed by atoms with Crippen LogP contribution in [0, 0.1) is 5.82 Å². The Bertz CT molecular complexity index is 1440. The fourth-order valence-electron chi connectivity index (χ4n) is 3.08. The minimum absolute atomic E-state index is 0.0429. The average molecular weight is 506 g/mol. The summed E-state index contributed by atoms with van der Waals surface area (Å²) < 4.78 is 52.8. The molecule has 0 saturated heterocycles. The van der Waals surface area contributed by atoms with Crippen LogP contribution in [0.4, 0.5) is 29.2 Å². The first-order chi connectivity index (χ1) is 16.7. The summed E-state index contributed by atoms with van der Waals surface area (Å²) in [6.07, 6.45) is -0.989. The zero-order valence-electron chi connectivity index (χ0n) is 17.7. The number of fused-ring (bicyclic) bond motifs is 1. The van der Waals surface area contributed by atoms with E-state index in [1.807, 2.05) is 0 Å². The van der Waals surface area contributed by atoms with E-state index in [1.54, 1.807) is 12.1 Å². The van der Waals surface area contributed by atoms with E-state index in [1.165, 1.54) is 41.2 Å². The van der Waals surface area contributed by atoms with Gasteiger partial charge in [-0.25, -0.2) is 19.3 Å². The van der Waals surface area contributed by atoms with Gasteiger partial charge in [0.15, 0.2) is 5.65 Å². The van der Waals surface area contributed by atoms with Crippen LogP contribution in [0.5, 0.6) is 0 Å². The normalized spacial score (nSPS) is 11.8. The van der Waals surface area contributed by atoms with Gasteiger partial charge in [0, 0.05) is 25.5 Å². The molecule has 0 bridgehead atoms. The summed E-state index contributed by atoms with van der Waals surface area (Å²) in [4.78, 5) is 25.2. The average Bonchev–Trinajstić information content (AvgIpc) is 2.82. The molecule has 4 aromatic rings. The van der Waals surface area contributed by atoms with Gasteiger partial charge in [0.25, 0.3) is 5.56 Å². The van der Waals surface area contributed by atoms with Gasteiger partial charge in [-0.3, -0.25) is 14.8 Å². The van der Waals surface area contributed by atoms with E-state index in [-0.39, 0.29) is 35.6 Å². The van der Waals surface area contributed by atoms with Gasteiger partial charge in [0.1, 0.15) is 17.2 Å². The Morgan fingerprint density at radius 3 is 2.60 bits per heavy atom. The lowest BCUT2D eigenvalue weighted by Gasteiger charge is -2.13. The second-order valence-electron chi connectivity index (χ2n) is 7.16. The maximum atomic E-state index is 13.0. The topological polar surface area (TPSA) is 97.1 Å². The van der Waals surface area contributed by atoms with Gasteiger partial charge in [-0.2, -0.15) is 18.3 Å². The molecule has 4 rings (SSSR count). The van der Waals surface area contributed by atoms with Gasteiger partial charge in [-0.1, -0.05) is 23.7 Å². The lowest BCUT2D eigenvalue weighted by molar-refractivity contribution is -0.137. The summed E-state index contributed by atoms with van der Waals surface area (Å²) in [6.45, 7) is 0.177. The molecule has 0 spiro atoms. The Morgan fingerprint density at radius 2 is 1.89 bits per heavy atom. The van der Waals surface area contributed by atoms with Crippen molar-refractivity contribution in [3.63, 3.8) is 0 Å². The Hall–Kier alpha value is -4.06. The fraction of sp³-hybridized carbons (Fsp3) is 0.136. The standard InChI is InChI=1S/C22H16ClF4N7O/c23-16-10-14(22(25,26)27)12-30-18(16)28-8-9-34-20-17(2-1-7-29-20)32-19(21(34)35)33-31-11-13-3-5-15(24)6-4-13/h1-7,10-12H,8-9H2,(H,28,30)(H,32,33). The monoisotopic (exact) mass is 505 g/mol. The SMILES string of the molecule is O=c1c(NN=Cc2ccc(F)cc2)nc2cccnc2n1CCNc1ncc(C(F)(F)F)cc1Cl. The van der Waals surface area contributed by atoms with Crippen molar-refractivity contribution in [1.82, 2.24) is 19.5 Å². The van der Waals surface area contributed by atoms with Crippen LogP contribution in [0.25, 0.3) is 11.2 Å². The molecule has 0 fully saturated rings. The highest BCUT2D eigenvalue weighted by Crippen LogP contribution is 2.32. The predicted molar refractivity (Wildman–Crippen MR) is 124 cm³/mol. The third-order valence-corrected chi connectivity index (χ3v) is 5.04. The molecule has 8 nitrogen and oxygen atoms in total. The third kappa shape index (κ3) is 5.72. The third-order valence-electron chi connectivity index (χ3n) is 4.75. The number of halogens is 5. The first kappa shape index (κ1) is 24.1. The predicted octanol–water partition coefficient (Wildman–Crippen LogP) is 4.56. The summed E-state index contributed by atoms with van der Waals surface area (Å²) in [5.41, 5.74) is 2.42. The molecule has 0 aliphatic carbocycles. The summed E-state index contributed by atoms with van der Waals surface area (Å²) >= 11 is 5.92. The first-order valence-corrected chi connectivity index (χ1v) is 10.5. The molecule has 0 unspecified atom stereocenters. The lowest BCUT2D eigenvalue weighted by Crippen LogP contribution is -2.28. The molecule has 0 aliphatic heterocycles. The van der Waals surface area contributed by atoms with Gasteiger partial charge in [-0.15, -0.1) is 0 Å². The van der Waals surface area contributed by atoms with Gasteiger partial charge >= 0.3 is 6.18 Å². The van der Waals surface area contributed by atoms with Crippen LogP contribution in [0.1, 0.15) is 11.1 Å². The zero-order chi connectivity index (χ0) is 25.0. The molecule has 3 heterocycles. The molecule has 0 saturated carbocycles. The van der Waals surface area contributed by atoms with E-state index in [0.29, 0.717) is 22.9 Å². The maximum Gasteiger partial charge on any atom is 0.417 e. The van der Waals surface area contributed by atoms with Crippen molar-refractivity contribution in [2.75, 3.05) is 17.3 Å². The van der Waals surface area contributed by atoms with E-state index in [0.717, 1.165) is 6.07 Å². The Balaban J connectivity index is 1.54. The van der Waals surface area contributed by atoms with Crippen molar-refractivity contribution in [3.05, 3.63) is 87.2 Å². The molecule has 1 aromatic carbocycles. The van der Waals surface area contributed by atoms with Crippen LogP contribution >= 0.6 is 11.6 Å². The number of benzene rings is 1.